The molecule has 1 unspecified atom stereocenters. The summed E-state index contributed by atoms with van der Waals surface area (Å²) in [4.78, 5) is 22.6. The topological polar surface area (TPSA) is 78.4 Å². The fourth-order valence-electron chi connectivity index (χ4n) is 1.82. The molecule has 6 heteroatoms. The lowest BCUT2D eigenvalue weighted by Gasteiger charge is -2.10. The molecule has 3 N–H and O–H groups in total. The van der Waals surface area contributed by atoms with Crippen LogP contribution in [0.2, 0.25) is 5.02 Å². The number of nitrogens with one attached hydrogen (secondary N) is 2. The number of carboxylic acid groups (broad SMARTS) is 1. The van der Waals surface area contributed by atoms with Crippen molar-refractivity contribution >= 4 is 29.3 Å². The monoisotopic (exact) mass is 282 g/mol. The van der Waals surface area contributed by atoms with Crippen LogP contribution in [0.5, 0.6) is 0 Å². The van der Waals surface area contributed by atoms with Crippen molar-refractivity contribution in [3.8, 4) is 0 Å². The summed E-state index contributed by atoms with van der Waals surface area (Å²) in [5, 5.41) is 14.6. The van der Waals surface area contributed by atoms with E-state index in [-0.39, 0.29) is 28.1 Å². The first kappa shape index (κ1) is 13.7. The predicted molar refractivity (Wildman–Crippen MR) is 72.8 cm³/mol. The Kier molecular flexibility index (Phi) is 3.41. The van der Waals surface area contributed by atoms with E-state index in [2.05, 4.69) is 24.5 Å². The Balaban J connectivity index is 2.02. The molecule has 0 heterocycles. The predicted octanol–water partition coefficient (Wildman–Crippen LogP) is 2.96. The van der Waals surface area contributed by atoms with Gasteiger partial charge in [0, 0.05) is 16.8 Å². The van der Waals surface area contributed by atoms with Crippen LogP contribution in [-0.2, 0) is 0 Å². The number of urea groups is 1. The summed E-state index contributed by atoms with van der Waals surface area (Å²) in [6, 6.07) is 4.01. The number of benzene rings is 1. The summed E-state index contributed by atoms with van der Waals surface area (Å²) >= 11 is 5.81. The van der Waals surface area contributed by atoms with Gasteiger partial charge >= 0.3 is 12.0 Å². The standard InChI is InChI=1S/C13H15ClN2O3/c1-13(2)6-10(13)16-12(19)15-9-4-7(11(17)18)3-8(14)5-9/h3-5,10H,6H2,1-2H3,(H,17,18)(H2,15,16,19). The molecule has 0 saturated heterocycles. The third-order valence-corrected chi connectivity index (χ3v) is 3.44. The number of anilines is 1. The lowest BCUT2D eigenvalue weighted by molar-refractivity contribution is 0.0697. The summed E-state index contributed by atoms with van der Waals surface area (Å²) in [6.07, 6.45) is 0.941. The van der Waals surface area contributed by atoms with Gasteiger partial charge in [0.05, 0.1) is 5.56 Å². The molecule has 0 spiro atoms. The van der Waals surface area contributed by atoms with E-state index >= 15 is 0 Å². The Hall–Kier alpha value is -1.75. The van der Waals surface area contributed by atoms with Crippen molar-refractivity contribution in [1.29, 1.82) is 0 Å². The number of carbonyl (C=O) groups excluding carboxylic acids is 1. The van der Waals surface area contributed by atoms with Crippen LogP contribution in [0.15, 0.2) is 18.2 Å². The number of rotatable bonds is 3. The SMILES string of the molecule is CC1(C)CC1NC(=O)Nc1cc(Cl)cc(C(=O)O)c1. The van der Waals surface area contributed by atoms with E-state index in [9.17, 15) is 9.59 Å². The fraction of sp³-hybridized carbons (Fsp3) is 0.385. The lowest BCUT2D eigenvalue weighted by atomic mass is 10.2. The molecule has 1 aliphatic carbocycles. The van der Waals surface area contributed by atoms with Gasteiger partial charge in [-0.2, -0.15) is 0 Å². The molecular formula is C13H15ClN2O3. The molecule has 0 aromatic heterocycles. The molecule has 102 valence electrons. The van der Waals surface area contributed by atoms with Crippen LogP contribution in [0.4, 0.5) is 10.5 Å². The van der Waals surface area contributed by atoms with E-state index in [4.69, 9.17) is 16.7 Å². The molecule has 1 saturated carbocycles. The minimum Gasteiger partial charge on any atom is -0.478 e. The number of hydrogen-bond donors (Lipinski definition) is 3. The summed E-state index contributed by atoms with van der Waals surface area (Å²) in [5.41, 5.74) is 0.535. The Morgan fingerprint density at radius 1 is 1.37 bits per heavy atom. The smallest absolute Gasteiger partial charge is 0.335 e. The number of carboxylic acids is 1. The van der Waals surface area contributed by atoms with Crippen molar-refractivity contribution in [2.45, 2.75) is 26.3 Å². The molecule has 0 radical (unpaired) electrons. The van der Waals surface area contributed by atoms with Gasteiger partial charge in [0.2, 0.25) is 0 Å². The molecule has 5 nitrogen and oxygen atoms in total. The molecule has 0 aliphatic heterocycles. The van der Waals surface area contributed by atoms with E-state index in [1.54, 1.807) is 0 Å². The first-order valence-electron chi connectivity index (χ1n) is 5.89. The Labute approximate surface area is 116 Å². The summed E-state index contributed by atoms with van der Waals surface area (Å²) in [5.74, 6) is -1.09. The summed E-state index contributed by atoms with van der Waals surface area (Å²) < 4.78 is 0. The second kappa shape index (κ2) is 4.74. The Morgan fingerprint density at radius 2 is 2.00 bits per heavy atom. The number of amides is 2. The molecular weight excluding hydrogens is 268 g/mol. The first-order chi connectivity index (χ1) is 8.78. The van der Waals surface area contributed by atoms with Crippen molar-refractivity contribution in [2.24, 2.45) is 5.41 Å². The van der Waals surface area contributed by atoms with Gasteiger partial charge in [0.25, 0.3) is 0 Å². The van der Waals surface area contributed by atoms with Crippen molar-refractivity contribution in [1.82, 2.24) is 5.32 Å². The van der Waals surface area contributed by atoms with Gasteiger partial charge in [0.15, 0.2) is 0 Å². The zero-order chi connectivity index (χ0) is 14.2. The third kappa shape index (κ3) is 3.38. The molecule has 19 heavy (non-hydrogen) atoms. The number of halogens is 1. The molecule has 1 aromatic rings. The highest BCUT2D eigenvalue weighted by atomic mass is 35.5. The van der Waals surface area contributed by atoms with E-state index in [0.29, 0.717) is 5.69 Å². The first-order valence-corrected chi connectivity index (χ1v) is 6.27. The highest BCUT2D eigenvalue weighted by Gasteiger charge is 2.46. The highest BCUT2D eigenvalue weighted by molar-refractivity contribution is 6.31. The molecule has 1 aliphatic rings. The van der Waals surface area contributed by atoms with Crippen LogP contribution in [0.1, 0.15) is 30.6 Å². The van der Waals surface area contributed by atoms with Gasteiger partial charge in [-0.15, -0.1) is 0 Å². The largest absolute Gasteiger partial charge is 0.478 e. The third-order valence-electron chi connectivity index (χ3n) is 3.22. The molecule has 2 amide bonds. The van der Waals surface area contributed by atoms with Crippen molar-refractivity contribution in [3.05, 3.63) is 28.8 Å². The fourth-order valence-corrected chi connectivity index (χ4v) is 2.06. The van der Waals surface area contributed by atoms with Crippen molar-refractivity contribution in [3.63, 3.8) is 0 Å². The Bertz CT molecular complexity index is 543. The van der Waals surface area contributed by atoms with Crippen LogP contribution in [0, 0.1) is 5.41 Å². The lowest BCUT2D eigenvalue weighted by Crippen LogP contribution is -2.32. The molecule has 1 fully saturated rings. The van der Waals surface area contributed by atoms with Gasteiger partial charge < -0.3 is 15.7 Å². The van der Waals surface area contributed by atoms with Crippen molar-refractivity contribution < 1.29 is 14.7 Å². The normalized spacial score (nSPS) is 19.6. The zero-order valence-electron chi connectivity index (χ0n) is 10.7. The van der Waals surface area contributed by atoms with Crippen LogP contribution in [0.25, 0.3) is 0 Å². The van der Waals surface area contributed by atoms with E-state index < -0.39 is 5.97 Å². The van der Waals surface area contributed by atoms with Gasteiger partial charge in [-0.05, 0) is 30.0 Å². The van der Waals surface area contributed by atoms with Gasteiger partial charge in [-0.1, -0.05) is 25.4 Å². The second-order valence-corrected chi connectivity index (χ2v) is 5.81. The number of aromatic carboxylic acids is 1. The second-order valence-electron chi connectivity index (χ2n) is 5.38. The maximum absolute atomic E-state index is 11.7. The summed E-state index contributed by atoms with van der Waals surface area (Å²) in [6.45, 7) is 4.14. The van der Waals surface area contributed by atoms with Gasteiger partial charge in [-0.3, -0.25) is 0 Å². The van der Waals surface area contributed by atoms with Gasteiger partial charge in [0.1, 0.15) is 0 Å². The van der Waals surface area contributed by atoms with Crippen LogP contribution in [-0.4, -0.2) is 23.1 Å². The number of carbonyl (C=O) groups is 2. The molecule has 0 bridgehead atoms. The maximum atomic E-state index is 11.7. The van der Waals surface area contributed by atoms with Crippen LogP contribution < -0.4 is 10.6 Å². The van der Waals surface area contributed by atoms with E-state index in [0.717, 1.165) is 6.42 Å². The molecule has 1 atom stereocenters. The average Bonchev–Trinajstić information content (AvgIpc) is 2.84. The number of hydrogen-bond acceptors (Lipinski definition) is 2. The van der Waals surface area contributed by atoms with Crippen LogP contribution in [0.3, 0.4) is 0 Å². The van der Waals surface area contributed by atoms with E-state index in [1.807, 2.05) is 0 Å². The quantitative estimate of drug-likeness (QED) is 0.797. The zero-order valence-corrected chi connectivity index (χ0v) is 11.4. The molecule has 1 aromatic carbocycles. The minimum absolute atomic E-state index is 0.0366. The average molecular weight is 283 g/mol. The van der Waals surface area contributed by atoms with Gasteiger partial charge in [-0.25, -0.2) is 9.59 Å². The molecule has 2 rings (SSSR count). The Morgan fingerprint density at radius 3 is 2.53 bits per heavy atom. The van der Waals surface area contributed by atoms with E-state index in [1.165, 1.54) is 18.2 Å². The highest BCUT2D eigenvalue weighted by Crippen LogP contribution is 2.44. The maximum Gasteiger partial charge on any atom is 0.335 e. The van der Waals surface area contributed by atoms with Crippen molar-refractivity contribution in [2.75, 3.05) is 5.32 Å². The van der Waals surface area contributed by atoms with Crippen LogP contribution >= 0.6 is 11.6 Å². The minimum atomic E-state index is -1.09. The summed E-state index contributed by atoms with van der Waals surface area (Å²) in [7, 11) is 0.